The van der Waals surface area contributed by atoms with Crippen LogP contribution in [0.3, 0.4) is 0 Å². The fourth-order valence-corrected chi connectivity index (χ4v) is 6.39. The van der Waals surface area contributed by atoms with Gasteiger partial charge in [-0.2, -0.15) is 0 Å². The molecule has 1 saturated carbocycles. The average Bonchev–Trinajstić information content (AvgIpc) is 3.66. The second kappa shape index (κ2) is 14.2. The van der Waals surface area contributed by atoms with Crippen molar-refractivity contribution >= 4 is 45.2 Å². The Bertz CT molecular complexity index is 1310. The summed E-state index contributed by atoms with van der Waals surface area (Å²) in [6.07, 6.45) is 4.94. The number of carboxylic acid groups (broad SMARTS) is 1. The molecule has 9 nitrogen and oxygen atoms in total. The smallest absolute Gasteiger partial charge is 0.345 e. The van der Waals surface area contributed by atoms with Crippen molar-refractivity contribution in [2.24, 2.45) is 17.1 Å². The highest BCUT2D eigenvalue weighted by Gasteiger charge is 2.49. The highest BCUT2D eigenvalue weighted by atomic mass is 32.1. The summed E-state index contributed by atoms with van der Waals surface area (Å²) < 4.78 is 1.02. The van der Waals surface area contributed by atoms with Crippen molar-refractivity contribution in [3.05, 3.63) is 71.1 Å². The Morgan fingerprint density at radius 1 is 1.00 bits per heavy atom. The monoisotopic (exact) mass is 578 g/mol. The van der Waals surface area contributed by atoms with Crippen LogP contribution < -0.4 is 16.4 Å². The van der Waals surface area contributed by atoms with Crippen molar-refractivity contribution in [1.29, 1.82) is 0 Å². The first-order valence-electron chi connectivity index (χ1n) is 14.2. The molecule has 2 aromatic carbocycles. The third-order valence-electron chi connectivity index (χ3n) is 7.93. The molecule has 10 heteroatoms. The number of carboxylic acids is 1. The Balaban J connectivity index is 0.000000267. The largest absolute Gasteiger partial charge is 0.477 e. The maximum absolute atomic E-state index is 13.4. The molecule has 0 bridgehead atoms. The van der Waals surface area contributed by atoms with Gasteiger partial charge in [0.15, 0.2) is 0 Å². The predicted octanol–water partition coefficient (Wildman–Crippen LogP) is 4.41. The second-order valence-electron chi connectivity index (χ2n) is 10.7. The molecule has 0 atom stereocenters. The van der Waals surface area contributed by atoms with Crippen molar-refractivity contribution in [1.82, 2.24) is 15.5 Å². The van der Waals surface area contributed by atoms with Crippen LogP contribution in [-0.4, -0.2) is 60.0 Å². The first-order chi connectivity index (χ1) is 19.8. The van der Waals surface area contributed by atoms with E-state index >= 15 is 0 Å². The Kier molecular flexibility index (Phi) is 10.5. The van der Waals surface area contributed by atoms with E-state index in [-0.39, 0.29) is 6.54 Å². The third kappa shape index (κ3) is 7.71. The molecule has 4 amide bonds. The van der Waals surface area contributed by atoms with Gasteiger partial charge in [-0.3, -0.25) is 14.5 Å². The van der Waals surface area contributed by atoms with Gasteiger partial charge in [-0.15, -0.1) is 11.3 Å². The number of benzene rings is 2. The Labute approximate surface area is 244 Å². The van der Waals surface area contributed by atoms with E-state index in [4.69, 9.17) is 10.8 Å². The van der Waals surface area contributed by atoms with Crippen molar-refractivity contribution in [3.63, 3.8) is 0 Å². The molecule has 2 heterocycles. The van der Waals surface area contributed by atoms with Crippen LogP contribution in [0.2, 0.25) is 0 Å². The quantitative estimate of drug-likeness (QED) is 0.292. The van der Waals surface area contributed by atoms with Gasteiger partial charge in [0.25, 0.3) is 0 Å². The topological polar surface area (TPSA) is 142 Å². The van der Waals surface area contributed by atoms with Crippen molar-refractivity contribution in [2.45, 2.75) is 44.9 Å². The summed E-state index contributed by atoms with van der Waals surface area (Å²) in [7, 11) is 0. The Hall–Kier alpha value is -3.76. The zero-order valence-corrected chi connectivity index (χ0v) is 24.0. The van der Waals surface area contributed by atoms with Crippen LogP contribution in [-0.2, 0) is 16.0 Å². The number of nitrogens with zero attached hydrogens (tertiary/aromatic N) is 1. The lowest BCUT2D eigenvalue weighted by Gasteiger charge is -2.32. The molecule has 0 unspecified atom stereocenters. The molecule has 1 aromatic heterocycles. The van der Waals surface area contributed by atoms with Crippen molar-refractivity contribution in [2.75, 3.05) is 26.2 Å². The Morgan fingerprint density at radius 2 is 1.66 bits per heavy atom. The van der Waals surface area contributed by atoms with Crippen LogP contribution in [0, 0.1) is 11.3 Å². The van der Waals surface area contributed by atoms with Gasteiger partial charge in [-0.1, -0.05) is 61.4 Å². The molecule has 0 spiro atoms. The first kappa shape index (κ1) is 30.2. The molecule has 1 aliphatic heterocycles. The highest BCUT2D eigenvalue weighted by molar-refractivity contribution is 7.20. The molecule has 218 valence electrons. The van der Waals surface area contributed by atoms with Gasteiger partial charge < -0.3 is 21.5 Å². The van der Waals surface area contributed by atoms with E-state index in [1.54, 1.807) is 6.07 Å². The maximum atomic E-state index is 13.4. The van der Waals surface area contributed by atoms with Gasteiger partial charge in [0.1, 0.15) is 10.3 Å². The van der Waals surface area contributed by atoms with Crippen molar-refractivity contribution in [3.8, 4) is 0 Å². The van der Waals surface area contributed by atoms with Crippen LogP contribution in [0.5, 0.6) is 0 Å². The average molecular weight is 579 g/mol. The molecule has 41 heavy (non-hydrogen) atoms. The van der Waals surface area contributed by atoms with Gasteiger partial charge in [0.05, 0.1) is 0 Å². The third-order valence-corrected chi connectivity index (χ3v) is 9.04. The number of carbonyl (C=O) groups excluding carboxylic acids is 3. The number of thiophene rings is 1. The number of hydrogen-bond acceptors (Lipinski definition) is 6. The summed E-state index contributed by atoms with van der Waals surface area (Å²) in [5.41, 5.74) is 5.44. The van der Waals surface area contributed by atoms with Gasteiger partial charge in [-0.25, -0.2) is 9.59 Å². The number of nitrogens with one attached hydrogen (secondary N) is 2. The lowest BCUT2D eigenvalue weighted by molar-refractivity contribution is -0.146. The van der Waals surface area contributed by atoms with E-state index in [0.29, 0.717) is 36.6 Å². The number of urea groups is 1. The number of rotatable bonds is 8. The fraction of sp³-hybridized carbons (Fsp3) is 0.419. The maximum Gasteiger partial charge on any atom is 0.345 e. The summed E-state index contributed by atoms with van der Waals surface area (Å²) in [6.45, 7) is 2.67. The number of imide groups is 1. The number of amides is 4. The summed E-state index contributed by atoms with van der Waals surface area (Å²) in [6, 6.07) is 18.7. The molecule has 2 aliphatic rings. The minimum atomic E-state index is -1.25. The van der Waals surface area contributed by atoms with E-state index < -0.39 is 29.2 Å². The normalized spacial score (nSPS) is 16.4. The minimum absolute atomic E-state index is 0.232. The van der Waals surface area contributed by atoms with Crippen LogP contribution in [0.25, 0.3) is 10.1 Å². The van der Waals surface area contributed by atoms with Crippen LogP contribution in [0.4, 0.5) is 4.79 Å². The summed E-state index contributed by atoms with van der Waals surface area (Å²) >= 11 is 1.31. The van der Waals surface area contributed by atoms with Gasteiger partial charge in [0, 0.05) is 17.8 Å². The molecule has 5 N–H and O–H groups in total. The lowest BCUT2D eigenvalue weighted by atomic mass is 9.83. The number of hydrogen-bond donors (Lipinski definition) is 4. The molecular formula is C31H38N4O5S. The second-order valence-corrected chi connectivity index (χ2v) is 11.8. The van der Waals surface area contributed by atoms with Crippen molar-refractivity contribution < 1.29 is 24.3 Å². The van der Waals surface area contributed by atoms with E-state index in [1.807, 2.05) is 54.6 Å². The number of primary amides is 1. The first-order valence-corrected chi connectivity index (χ1v) is 15.0. The van der Waals surface area contributed by atoms with E-state index in [9.17, 15) is 19.2 Å². The zero-order valence-electron chi connectivity index (χ0n) is 23.1. The molecule has 1 saturated heterocycles. The van der Waals surface area contributed by atoms with Gasteiger partial charge in [0.2, 0.25) is 11.8 Å². The number of fused-ring (bicyclic) bond motifs is 1. The molecule has 5 rings (SSSR count). The van der Waals surface area contributed by atoms with E-state index in [1.165, 1.54) is 16.2 Å². The lowest BCUT2D eigenvalue weighted by Crippen LogP contribution is -2.55. The molecule has 3 aromatic rings. The molecule has 0 radical (unpaired) electrons. The van der Waals surface area contributed by atoms with E-state index in [0.717, 1.165) is 54.4 Å². The number of piperidine rings is 1. The number of carbonyl (C=O) groups is 4. The number of aromatic carboxylic acids is 1. The minimum Gasteiger partial charge on any atom is -0.477 e. The predicted molar refractivity (Wildman–Crippen MR) is 160 cm³/mol. The van der Waals surface area contributed by atoms with Crippen LogP contribution in [0.15, 0.2) is 60.7 Å². The standard InChI is InChI=1S/C22H32N4O3.C9H6O2S/c23-19(27)22(11-4-5-12-22)20(28)26(15-10-17-6-2-1-3-7-17)21(29)25-16-18-8-13-24-14-9-18;10-9(11)8-5-6-3-1-2-4-7(6)12-8/h1-3,6-7,18,24H,4-5,8-16H2,(H2,23,27)(H,25,29);1-5H,(H,10,11). The summed E-state index contributed by atoms with van der Waals surface area (Å²) in [4.78, 5) is 50.8. The molecular weight excluding hydrogens is 540 g/mol. The fourth-order valence-electron chi connectivity index (χ4n) is 5.48. The summed E-state index contributed by atoms with van der Waals surface area (Å²) in [5.74, 6) is -1.50. The van der Waals surface area contributed by atoms with E-state index in [2.05, 4.69) is 10.6 Å². The van der Waals surface area contributed by atoms with Crippen LogP contribution in [0.1, 0.15) is 53.8 Å². The highest BCUT2D eigenvalue weighted by Crippen LogP contribution is 2.39. The Morgan fingerprint density at radius 3 is 2.29 bits per heavy atom. The van der Waals surface area contributed by atoms with Crippen LogP contribution >= 0.6 is 11.3 Å². The zero-order chi connectivity index (χ0) is 29.2. The molecule has 2 fully saturated rings. The summed E-state index contributed by atoms with van der Waals surface area (Å²) in [5, 5.41) is 15.9. The SMILES string of the molecule is NC(=O)C1(C(=O)N(CCc2ccccc2)C(=O)NCC2CCNCC2)CCCC1.O=C(O)c1cc2ccccc2s1. The number of nitrogens with two attached hydrogens (primary N) is 1. The molecule has 1 aliphatic carbocycles. The van der Waals surface area contributed by atoms with Gasteiger partial charge in [-0.05, 0) is 74.2 Å². The van der Waals surface area contributed by atoms with Gasteiger partial charge >= 0.3 is 12.0 Å².